The molecular formula is C16H20N2O3. The van der Waals surface area contributed by atoms with Gasteiger partial charge in [-0.05, 0) is 43.4 Å². The van der Waals surface area contributed by atoms with Crippen molar-refractivity contribution in [2.24, 2.45) is 5.92 Å². The topological polar surface area (TPSA) is 60.9 Å². The Morgan fingerprint density at radius 2 is 2.14 bits per heavy atom. The minimum Gasteiger partial charge on any atom is -0.396 e. The second kappa shape index (κ2) is 5.48. The molecular weight excluding hydrogens is 268 g/mol. The quantitative estimate of drug-likeness (QED) is 0.855. The fourth-order valence-electron chi connectivity index (χ4n) is 3.28. The van der Waals surface area contributed by atoms with E-state index >= 15 is 0 Å². The first-order valence-corrected chi connectivity index (χ1v) is 7.44. The Balaban J connectivity index is 1.85. The molecule has 112 valence electrons. The predicted molar refractivity (Wildman–Crippen MR) is 80.8 cm³/mol. The third-order valence-electron chi connectivity index (χ3n) is 4.51. The predicted octanol–water partition coefficient (Wildman–Crippen LogP) is 1.44. The average Bonchev–Trinajstić information content (AvgIpc) is 2.72. The molecule has 2 aliphatic rings. The van der Waals surface area contributed by atoms with E-state index in [1.54, 1.807) is 13.1 Å². The summed E-state index contributed by atoms with van der Waals surface area (Å²) in [7, 11) is 1.64. The zero-order valence-corrected chi connectivity index (χ0v) is 12.2. The summed E-state index contributed by atoms with van der Waals surface area (Å²) in [4.78, 5) is 27.2. The second-order valence-electron chi connectivity index (χ2n) is 5.86. The molecule has 0 radical (unpaired) electrons. The molecule has 1 aromatic rings. The first-order valence-electron chi connectivity index (χ1n) is 7.44. The molecule has 5 nitrogen and oxygen atoms in total. The number of likely N-dealkylation sites (N-methyl/N-ethyl adjacent to an activating group) is 1. The van der Waals surface area contributed by atoms with E-state index in [0.29, 0.717) is 17.2 Å². The highest BCUT2D eigenvalue weighted by molar-refractivity contribution is 6.52. The average molecular weight is 288 g/mol. The molecule has 1 unspecified atom stereocenters. The van der Waals surface area contributed by atoms with Gasteiger partial charge in [0.05, 0.1) is 11.3 Å². The van der Waals surface area contributed by atoms with Crippen molar-refractivity contribution in [1.29, 1.82) is 0 Å². The number of rotatable bonds is 3. The van der Waals surface area contributed by atoms with E-state index in [1.165, 1.54) is 4.90 Å². The standard InChI is InChI=1S/C16H20N2O3/c1-17-14-9-12(4-5-13(14)15(20)16(17)21)18-7-2-3-11(10-18)6-8-19/h4-5,9,11,19H,2-3,6-8,10H2,1H3. The van der Waals surface area contributed by atoms with E-state index in [4.69, 9.17) is 5.11 Å². The number of hydrogen-bond acceptors (Lipinski definition) is 4. The molecule has 0 bridgehead atoms. The number of fused-ring (bicyclic) bond motifs is 1. The summed E-state index contributed by atoms with van der Waals surface area (Å²) < 4.78 is 0. The summed E-state index contributed by atoms with van der Waals surface area (Å²) in [6, 6.07) is 5.61. The monoisotopic (exact) mass is 288 g/mol. The third kappa shape index (κ3) is 2.42. The molecule has 3 rings (SSSR count). The molecule has 0 aromatic heterocycles. The lowest BCUT2D eigenvalue weighted by molar-refractivity contribution is -0.114. The molecule has 1 aromatic carbocycles. The van der Waals surface area contributed by atoms with E-state index in [-0.39, 0.29) is 6.61 Å². The van der Waals surface area contributed by atoms with Gasteiger partial charge in [0.25, 0.3) is 11.7 Å². The molecule has 1 N–H and O–H groups in total. The highest BCUT2D eigenvalue weighted by atomic mass is 16.3. The van der Waals surface area contributed by atoms with Gasteiger partial charge in [0.1, 0.15) is 0 Å². The van der Waals surface area contributed by atoms with Crippen LogP contribution in [0.3, 0.4) is 0 Å². The van der Waals surface area contributed by atoms with Gasteiger partial charge in [0.15, 0.2) is 0 Å². The molecule has 2 heterocycles. The number of amides is 1. The van der Waals surface area contributed by atoms with Crippen LogP contribution in [0.5, 0.6) is 0 Å². The summed E-state index contributed by atoms with van der Waals surface area (Å²) in [5.41, 5.74) is 2.24. The van der Waals surface area contributed by atoms with E-state index in [9.17, 15) is 9.59 Å². The Morgan fingerprint density at radius 1 is 1.33 bits per heavy atom. The minimum absolute atomic E-state index is 0.231. The highest BCUT2D eigenvalue weighted by Gasteiger charge is 2.33. The molecule has 5 heteroatoms. The lowest BCUT2D eigenvalue weighted by atomic mass is 9.94. The van der Waals surface area contributed by atoms with Gasteiger partial charge in [-0.3, -0.25) is 9.59 Å². The van der Waals surface area contributed by atoms with Crippen LogP contribution in [-0.4, -0.2) is 43.5 Å². The smallest absolute Gasteiger partial charge is 0.299 e. The molecule has 2 aliphatic heterocycles. The van der Waals surface area contributed by atoms with E-state index in [0.717, 1.165) is 38.0 Å². The SMILES string of the molecule is CN1C(=O)C(=O)c2ccc(N3CCCC(CCO)C3)cc21. The fraction of sp³-hybridized carbons (Fsp3) is 0.500. The molecule has 0 saturated carbocycles. The van der Waals surface area contributed by atoms with Crippen LogP contribution < -0.4 is 9.80 Å². The van der Waals surface area contributed by atoms with Gasteiger partial charge in [0.2, 0.25) is 0 Å². The van der Waals surface area contributed by atoms with E-state index in [2.05, 4.69) is 4.90 Å². The van der Waals surface area contributed by atoms with E-state index in [1.807, 2.05) is 12.1 Å². The van der Waals surface area contributed by atoms with Crippen LogP contribution >= 0.6 is 0 Å². The Hall–Kier alpha value is -1.88. The van der Waals surface area contributed by atoms with Gasteiger partial charge in [-0.1, -0.05) is 0 Å². The number of carbonyl (C=O) groups is 2. The normalized spacial score (nSPS) is 21.9. The summed E-state index contributed by atoms with van der Waals surface area (Å²) in [5, 5.41) is 9.10. The summed E-state index contributed by atoms with van der Waals surface area (Å²) >= 11 is 0. The first-order chi connectivity index (χ1) is 10.1. The van der Waals surface area contributed by atoms with Crippen molar-refractivity contribution in [3.8, 4) is 0 Å². The third-order valence-corrected chi connectivity index (χ3v) is 4.51. The van der Waals surface area contributed by atoms with Crippen molar-refractivity contribution in [3.63, 3.8) is 0 Å². The molecule has 1 fully saturated rings. The first kappa shape index (κ1) is 14.1. The van der Waals surface area contributed by atoms with Crippen LogP contribution in [0.2, 0.25) is 0 Å². The van der Waals surface area contributed by atoms with Crippen molar-refractivity contribution in [3.05, 3.63) is 23.8 Å². The van der Waals surface area contributed by atoms with Gasteiger partial charge in [-0.2, -0.15) is 0 Å². The van der Waals surface area contributed by atoms with Crippen molar-refractivity contribution in [1.82, 2.24) is 0 Å². The number of carbonyl (C=O) groups excluding carboxylic acids is 2. The van der Waals surface area contributed by atoms with Crippen LogP contribution in [0, 0.1) is 5.92 Å². The zero-order chi connectivity index (χ0) is 15.0. The van der Waals surface area contributed by atoms with E-state index < -0.39 is 11.7 Å². The number of hydrogen-bond donors (Lipinski definition) is 1. The summed E-state index contributed by atoms with van der Waals surface area (Å²) in [6.45, 7) is 2.13. The van der Waals surface area contributed by atoms with Crippen LogP contribution in [0.15, 0.2) is 18.2 Å². The van der Waals surface area contributed by atoms with Crippen molar-refractivity contribution in [2.45, 2.75) is 19.3 Å². The van der Waals surface area contributed by atoms with Crippen molar-refractivity contribution < 1.29 is 14.7 Å². The maximum Gasteiger partial charge on any atom is 0.299 e. The number of nitrogens with zero attached hydrogens (tertiary/aromatic N) is 2. The summed E-state index contributed by atoms with van der Waals surface area (Å²) in [6.07, 6.45) is 3.09. The van der Waals surface area contributed by atoms with Gasteiger partial charge in [0, 0.05) is 32.4 Å². The van der Waals surface area contributed by atoms with Gasteiger partial charge in [-0.15, -0.1) is 0 Å². The van der Waals surface area contributed by atoms with Crippen molar-refractivity contribution >= 4 is 23.1 Å². The Kier molecular flexibility index (Phi) is 3.68. The largest absolute Gasteiger partial charge is 0.396 e. The van der Waals surface area contributed by atoms with Crippen LogP contribution in [0.25, 0.3) is 0 Å². The van der Waals surface area contributed by atoms with Crippen LogP contribution in [0.4, 0.5) is 11.4 Å². The Bertz CT molecular complexity index is 583. The molecule has 0 aliphatic carbocycles. The Labute approximate surface area is 124 Å². The molecule has 1 atom stereocenters. The number of Topliss-reactive ketones (excluding diaryl/α,β-unsaturated/α-hetero) is 1. The van der Waals surface area contributed by atoms with Gasteiger partial charge < -0.3 is 14.9 Å². The number of anilines is 2. The zero-order valence-electron chi connectivity index (χ0n) is 12.2. The van der Waals surface area contributed by atoms with Crippen molar-refractivity contribution in [2.75, 3.05) is 36.5 Å². The second-order valence-corrected chi connectivity index (χ2v) is 5.86. The molecule has 0 spiro atoms. The number of benzene rings is 1. The minimum atomic E-state index is -0.459. The molecule has 1 saturated heterocycles. The van der Waals surface area contributed by atoms with Crippen LogP contribution in [0.1, 0.15) is 29.6 Å². The number of ketones is 1. The lowest BCUT2D eigenvalue weighted by Gasteiger charge is -2.34. The molecule has 21 heavy (non-hydrogen) atoms. The summed E-state index contributed by atoms with van der Waals surface area (Å²) in [5.74, 6) is -0.368. The number of aliphatic hydroxyl groups is 1. The Morgan fingerprint density at radius 3 is 2.90 bits per heavy atom. The molecule has 1 amide bonds. The maximum absolute atomic E-state index is 11.8. The number of aliphatic hydroxyl groups excluding tert-OH is 1. The highest BCUT2D eigenvalue weighted by Crippen LogP contribution is 2.33. The van der Waals surface area contributed by atoms with Gasteiger partial charge in [-0.25, -0.2) is 0 Å². The van der Waals surface area contributed by atoms with Crippen LogP contribution in [-0.2, 0) is 4.79 Å². The van der Waals surface area contributed by atoms with Gasteiger partial charge >= 0.3 is 0 Å². The number of piperidine rings is 1. The lowest BCUT2D eigenvalue weighted by Crippen LogP contribution is -2.35. The fourth-order valence-corrected chi connectivity index (χ4v) is 3.28. The maximum atomic E-state index is 11.8.